The number of ether oxygens (including phenoxy) is 1. The van der Waals surface area contributed by atoms with Gasteiger partial charge in [-0.3, -0.25) is 9.11 Å². The minimum absolute atomic E-state index is 0. The first kappa shape index (κ1) is 22.1. The summed E-state index contributed by atoms with van der Waals surface area (Å²) in [4.78, 5) is 0. The highest BCUT2D eigenvalue weighted by molar-refractivity contribution is 8.27. The normalized spacial score (nSPS) is 18.3. The zero-order valence-electron chi connectivity index (χ0n) is 15.6. The summed E-state index contributed by atoms with van der Waals surface area (Å²) in [5.41, 5.74) is 0.346. The van der Waals surface area contributed by atoms with Gasteiger partial charge in [0.1, 0.15) is 5.69 Å². The molecule has 1 heterocycles. The Morgan fingerprint density at radius 1 is 1.00 bits per heavy atom. The van der Waals surface area contributed by atoms with Crippen molar-refractivity contribution >= 4 is 40.4 Å². The van der Waals surface area contributed by atoms with Gasteiger partial charge < -0.3 is 10.1 Å². The van der Waals surface area contributed by atoms with Gasteiger partial charge in [0, 0.05) is 12.6 Å². The molecule has 0 radical (unpaired) electrons. The van der Waals surface area contributed by atoms with Crippen molar-refractivity contribution in [3.63, 3.8) is 0 Å². The van der Waals surface area contributed by atoms with Crippen LogP contribution in [0.2, 0.25) is 0 Å². The molecule has 2 aromatic rings. The summed E-state index contributed by atoms with van der Waals surface area (Å²) in [6.45, 7) is 1.68. The highest BCUT2D eigenvalue weighted by atomic mass is 35.5. The summed E-state index contributed by atoms with van der Waals surface area (Å²) >= 11 is 0. The number of halogens is 3. The van der Waals surface area contributed by atoms with Gasteiger partial charge in [-0.05, 0) is 48.1 Å². The number of rotatable bonds is 8. The second kappa shape index (κ2) is 9.03. The van der Waals surface area contributed by atoms with Crippen molar-refractivity contribution in [2.24, 2.45) is 0 Å². The second-order valence-corrected chi connectivity index (χ2v) is 8.57. The van der Waals surface area contributed by atoms with Crippen LogP contribution >= 0.6 is 23.4 Å². The smallest absolute Gasteiger partial charge is 0.151 e. The third-order valence-corrected chi connectivity index (χ3v) is 6.59. The molecule has 1 fully saturated rings. The molecule has 6 nitrogen and oxygen atoms in total. The summed E-state index contributed by atoms with van der Waals surface area (Å²) in [6, 6.07) is 10.7. The van der Waals surface area contributed by atoms with Crippen molar-refractivity contribution in [1.82, 2.24) is 5.32 Å². The Balaban J connectivity index is 0.00000240. The molecule has 0 amide bonds. The standard InChI is InChI=1S/C19H23F2N3O3S.ClH/c20-15-4-3-5-16(21)19(15)24-18-7-2-1-6-17(18)23(28(24,25)26)11-13-27-12-10-22-14-8-9-14;/h1-7,14,22,25-26H,8-13H2;1H. The van der Waals surface area contributed by atoms with E-state index < -0.39 is 28.3 Å². The fourth-order valence-electron chi connectivity index (χ4n) is 3.25. The van der Waals surface area contributed by atoms with E-state index in [-0.39, 0.29) is 25.6 Å². The van der Waals surface area contributed by atoms with Gasteiger partial charge in [-0.1, -0.05) is 18.2 Å². The molecular weight excluding hydrogens is 424 g/mol. The Morgan fingerprint density at radius 3 is 2.31 bits per heavy atom. The first-order valence-corrected chi connectivity index (χ1v) is 10.7. The number of benzene rings is 2. The Labute approximate surface area is 176 Å². The van der Waals surface area contributed by atoms with E-state index in [1.54, 1.807) is 24.3 Å². The average Bonchev–Trinajstić information content (AvgIpc) is 3.45. The quantitative estimate of drug-likeness (QED) is 0.510. The first-order chi connectivity index (χ1) is 13.5. The lowest BCUT2D eigenvalue weighted by Gasteiger charge is -2.43. The van der Waals surface area contributed by atoms with E-state index in [1.165, 1.54) is 23.2 Å². The van der Waals surface area contributed by atoms with E-state index in [0.29, 0.717) is 24.0 Å². The van der Waals surface area contributed by atoms with E-state index in [1.807, 2.05) is 0 Å². The first-order valence-electron chi connectivity index (χ1n) is 9.20. The zero-order valence-corrected chi connectivity index (χ0v) is 17.3. The molecule has 160 valence electrons. The molecule has 0 saturated heterocycles. The van der Waals surface area contributed by atoms with Crippen molar-refractivity contribution in [3.05, 3.63) is 54.1 Å². The van der Waals surface area contributed by atoms with Crippen LogP contribution in [0.25, 0.3) is 0 Å². The number of hydrogen-bond acceptors (Lipinski definition) is 6. The molecule has 0 spiro atoms. The molecule has 0 aromatic heterocycles. The third kappa shape index (κ3) is 4.45. The van der Waals surface area contributed by atoms with Crippen LogP contribution in [0.4, 0.5) is 25.8 Å². The molecule has 1 aliphatic heterocycles. The molecular formula is C19H24ClF2N3O3S. The summed E-state index contributed by atoms with van der Waals surface area (Å²) in [7, 11) is -3.69. The lowest BCUT2D eigenvalue weighted by molar-refractivity contribution is 0.143. The predicted molar refractivity (Wildman–Crippen MR) is 114 cm³/mol. The molecule has 10 heteroatoms. The van der Waals surface area contributed by atoms with Gasteiger partial charge in [-0.25, -0.2) is 17.4 Å². The van der Waals surface area contributed by atoms with Crippen LogP contribution < -0.4 is 13.9 Å². The van der Waals surface area contributed by atoms with Crippen molar-refractivity contribution in [3.8, 4) is 0 Å². The van der Waals surface area contributed by atoms with Gasteiger partial charge in [-0.2, -0.15) is 0 Å². The average molecular weight is 448 g/mol. The van der Waals surface area contributed by atoms with Crippen LogP contribution in [0.15, 0.2) is 42.5 Å². The number of nitrogens with zero attached hydrogens (tertiary/aromatic N) is 2. The van der Waals surface area contributed by atoms with E-state index in [0.717, 1.165) is 23.0 Å². The Hall–Kier alpha value is -1.62. The van der Waals surface area contributed by atoms with Crippen molar-refractivity contribution in [2.45, 2.75) is 18.9 Å². The minimum Gasteiger partial charge on any atom is -0.378 e. The maximum absolute atomic E-state index is 14.4. The molecule has 29 heavy (non-hydrogen) atoms. The van der Waals surface area contributed by atoms with E-state index in [4.69, 9.17) is 4.74 Å². The lowest BCUT2D eigenvalue weighted by Crippen LogP contribution is -2.34. The zero-order chi connectivity index (χ0) is 19.7. The van der Waals surface area contributed by atoms with Crippen LogP contribution in [-0.4, -0.2) is 41.5 Å². The third-order valence-electron chi connectivity index (χ3n) is 4.75. The lowest BCUT2D eigenvalue weighted by atomic mass is 10.2. The Bertz CT molecular complexity index is 837. The molecule has 0 bridgehead atoms. The van der Waals surface area contributed by atoms with Crippen LogP contribution in [0.1, 0.15) is 12.8 Å². The Kier molecular flexibility index (Phi) is 6.87. The molecule has 4 rings (SSSR count). The maximum atomic E-state index is 14.4. The largest absolute Gasteiger partial charge is 0.378 e. The van der Waals surface area contributed by atoms with Crippen molar-refractivity contribution in [1.29, 1.82) is 0 Å². The second-order valence-electron chi connectivity index (χ2n) is 6.79. The van der Waals surface area contributed by atoms with Gasteiger partial charge in [0.05, 0.1) is 31.1 Å². The molecule has 2 aromatic carbocycles. The topological polar surface area (TPSA) is 68.2 Å². The SMILES string of the molecule is Cl.OS1(O)N(CCOCCNC2CC2)c2ccccc2N1c1c(F)cccc1F. The molecule has 1 saturated carbocycles. The van der Waals surface area contributed by atoms with Gasteiger partial charge >= 0.3 is 0 Å². The molecule has 1 aliphatic carbocycles. The van der Waals surface area contributed by atoms with Gasteiger partial charge in [-0.15, -0.1) is 12.4 Å². The molecule has 0 atom stereocenters. The summed E-state index contributed by atoms with van der Waals surface area (Å²) in [5, 5.41) is 3.33. The van der Waals surface area contributed by atoms with Crippen molar-refractivity contribution in [2.75, 3.05) is 34.9 Å². The van der Waals surface area contributed by atoms with Gasteiger partial charge in [0.25, 0.3) is 0 Å². The van der Waals surface area contributed by atoms with Crippen LogP contribution in [0.5, 0.6) is 0 Å². The molecule has 2 aliphatic rings. The predicted octanol–water partition coefficient (Wildman–Crippen LogP) is 4.69. The van der Waals surface area contributed by atoms with Gasteiger partial charge in [0.15, 0.2) is 11.6 Å². The minimum atomic E-state index is -3.69. The van der Waals surface area contributed by atoms with E-state index in [2.05, 4.69) is 5.32 Å². The van der Waals surface area contributed by atoms with E-state index >= 15 is 0 Å². The van der Waals surface area contributed by atoms with Crippen LogP contribution in [0.3, 0.4) is 0 Å². The molecule has 0 unspecified atom stereocenters. The summed E-state index contributed by atoms with van der Waals surface area (Å²) in [6.07, 6.45) is 2.40. The highest BCUT2D eigenvalue weighted by Crippen LogP contribution is 2.64. The fourth-order valence-corrected chi connectivity index (χ4v) is 5.02. The number of fused-ring (bicyclic) bond motifs is 1. The fraction of sp³-hybridized carbons (Fsp3) is 0.368. The van der Waals surface area contributed by atoms with E-state index in [9.17, 15) is 17.9 Å². The maximum Gasteiger partial charge on any atom is 0.151 e. The molecule has 3 N–H and O–H groups in total. The highest BCUT2D eigenvalue weighted by Gasteiger charge is 2.43. The Morgan fingerprint density at radius 2 is 1.66 bits per heavy atom. The van der Waals surface area contributed by atoms with Crippen molar-refractivity contribution < 1.29 is 22.6 Å². The summed E-state index contributed by atoms with van der Waals surface area (Å²) in [5.74, 6) is -1.72. The van der Waals surface area contributed by atoms with Crippen LogP contribution in [0, 0.1) is 11.6 Å². The van der Waals surface area contributed by atoms with Crippen LogP contribution in [-0.2, 0) is 4.74 Å². The van der Waals surface area contributed by atoms with Gasteiger partial charge in [0.2, 0.25) is 0 Å². The number of para-hydroxylation sites is 3. The monoisotopic (exact) mass is 447 g/mol. The summed E-state index contributed by atoms with van der Waals surface area (Å²) < 4.78 is 58.5. The number of anilines is 3. The number of hydrogen-bond donors (Lipinski definition) is 3. The number of nitrogens with one attached hydrogen (secondary N) is 1.